The average Bonchev–Trinajstić information content (AvgIpc) is 3.20. The molecule has 170 valence electrons. The van der Waals surface area contributed by atoms with Crippen molar-refractivity contribution in [1.29, 1.82) is 0 Å². The number of rotatable bonds is 7. The topological polar surface area (TPSA) is 76.2 Å². The summed E-state index contributed by atoms with van der Waals surface area (Å²) in [7, 11) is 0. The molecule has 1 saturated heterocycles. The molecule has 6 nitrogen and oxygen atoms in total. The van der Waals surface area contributed by atoms with Gasteiger partial charge in [0.1, 0.15) is 5.65 Å². The lowest BCUT2D eigenvalue weighted by Gasteiger charge is -2.33. The van der Waals surface area contributed by atoms with Crippen LogP contribution < -0.4 is 10.5 Å². The number of piperidine rings is 1. The molecule has 0 radical (unpaired) electrons. The van der Waals surface area contributed by atoms with E-state index in [9.17, 15) is 4.79 Å². The molecule has 3 N–H and O–H groups in total. The minimum absolute atomic E-state index is 0.126. The largest absolute Gasteiger partial charge is 0.396 e. The summed E-state index contributed by atoms with van der Waals surface area (Å²) in [6, 6.07) is 9.18. The molecular weight excluding hydrogens is 465 g/mol. The van der Waals surface area contributed by atoms with Crippen molar-refractivity contribution in [3.63, 3.8) is 0 Å². The number of benzene rings is 1. The number of halogens is 2. The van der Waals surface area contributed by atoms with Gasteiger partial charge in [-0.3, -0.25) is 4.79 Å². The van der Waals surface area contributed by atoms with Crippen molar-refractivity contribution in [2.45, 2.75) is 43.7 Å². The van der Waals surface area contributed by atoms with Gasteiger partial charge in [0.05, 0.1) is 21.8 Å². The molecule has 0 aliphatic carbocycles. The Bertz CT molecular complexity index is 1070. The van der Waals surface area contributed by atoms with E-state index in [4.69, 9.17) is 28.9 Å². The van der Waals surface area contributed by atoms with Gasteiger partial charge in [-0.1, -0.05) is 30.1 Å². The Morgan fingerprint density at radius 2 is 2.00 bits per heavy atom. The Kier molecular flexibility index (Phi) is 7.51. The zero-order valence-electron chi connectivity index (χ0n) is 17.9. The highest BCUT2D eigenvalue weighted by atomic mass is 35.5. The highest BCUT2D eigenvalue weighted by Crippen LogP contribution is 2.32. The highest BCUT2D eigenvalue weighted by Gasteiger charge is 2.27. The lowest BCUT2D eigenvalue weighted by molar-refractivity contribution is -0.134. The fraction of sp³-hybridized carbons (Fsp3) is 0.391. The number of nitrogen functional groups attached to an aromatic ring is 1. The van der Waals surface area contributed by atoms with Crippen LogP contribution in [-0.2, 0) is 11.3 Å². The summed E-state index contributed by atoms with van der Waals surface area (Å²) in [6.07, 6.45) is 6.53. The molecule has 1 aliphatic rings. The second-order valence-electron chi connectivity index (χ2n) is 8.29. The molecule has 0 saturated carbocycles. The molecule has 1 amide bonds. The molecular formula is C23H27Cl2N5OS. The Labute approximate surface area is 202 Å². The van der Waals surface area contributed by atoms with E-state index in [1.807, 2.05) is 29.3 Å². The van der Waals surface area contributed by atoms with Gasteiger partial charge in [-0.15, -0.1) is 0 Å². The second-order valence-corrected chi connectivity index (χ2v) is 10.0. The Hall–Kier alpha value is -1.93. The molecule has 9 heteroatoms. The lowest BCUT2D eigenvalue weighted by atomic mass is 9.98. The van der Waals surface area contributed by atoms with Crippen LogP contribution in [-0.4, -0.2) is 39.5 Å². The van der Waals surface area contributed by atoms with Gasteiger partial charge < -0.3 is 15.2 Å². The van der Waals surface area contributed by atoms with Gasteiger partial charge in [0.15, 0.2) is 0 Å². The molecule has 3 aromatic rings. The van der Waals surface area contributed by atoms with Gasteiger partial charge in [0.2, 0.25) is 5.91 Å². The van der Waals surface area contributed by atoms with Crippen molar-refractivity contribution in [3.8, 4) is 0 Å². The number of nitrogens with two attached hydrogens (primary N) is 1. The number of nitrogens with one attached hydrogen (secondary N) is 1. The first kappa shape index (κ1) is 23.2. The van der Waals surface area contributed by atoms with Crippen LogP contribution >= 0.6 is 35.1 Å². The van der Waals surface area contributed by atoms with Gasteiger partial charge in [-0.25, -0.2) is 9.71 Å². The molecule has 1 aromatic carbocycles. The number of fused-ring (bicyclic) bond motifs is 1. The Morgan fingerprint density at radius 1 is 1.28 bits per heavy atom. The van der Waals surface area contributed by atoms with Crippen LogP contribution in [0.5, 0.6) is 0 Å². The number of anilines is 1. The van der Waals surface area contributed by atoms with E-state index < -0.39 is 0 Å². The number of amides is 1. The summed E-state index contributed by atoms with van der Waals surface area (Å²) in [5, 5.41) is 1.90. The third kappa shape index (κ3) is 5.34. The number of hydrogen-bond acceptors (Lipinski definition) is 5. The summed E-state index contributed by atoms with van der Waals surface area (Å²) in [6.45, 7) is 4.52. The van der Waals surface area contributed by atoms with E-state index in [0.717, 1.165) is 41.9 Å². The molecule has 0 bridgehead atoms. The minimum atomic E-state index is -0.357. The van der Waals surface area contributed by atoms with E-state index >= 15 is 0 Å². The van der Waals surface area contributed by atoms with Gasteiger partial charge in [-0.2, -0.15) is 0 Å². The van der Waals surface area contributed by atoms with Crippen molar-refractivity contribution >= 4 is 57.8 Å². The predicted octanol–water partition coefficient (Wildman–Crippen LogP) is 5.24. The van der Waals surface area contributed by atoms with E-state index in [2.05, 4.69) is 21.2 Å². The summed E-state index contributed by atoms with van der Waals surface area (Å²) < 4.78 is 5.46. The van der Waals surface area contributed by atoms with Crippen LogP contribution in [0.2, 0.25) is 10.0 Å². The maximum atomic E-state index is 13.4. The fourth-order valence-electron chi connectivity index (χ4n) is 3.91. The van der Waals surface area contributed by atoms with Crippen LogP contribution in [0.4, 0.5) is 5.69 Å². The number of hydrogen-bond donors (Lipinski definition) is 2. The van der Waals surface area contributed by atoms with Crippen LogP contribution in [0, 0.1) is 5.92 Å². The van der Waals surface area contributed by atoms with Crippen LogP contribution in [0.25, 0.3) is 11.0 Å². The fourth-order valence-corrected chi connectivity index (χ4v) is 5.38. The van der Waals surface area contributed by atoms with Crippen LogP contribution in [0.1, 0.15) is 26.2 Å². The Balaban J connectivity index is 1.48. The average molecular weight is 492 g/mol. The van der Waals surface area contributed by atoms with Gasteiger partial charge in [0.25, 0.3) is 0 Å². The molecule has 3 heterocycles. The second kappa shape index (κ2) is 10.3. The SMILES string of the molecule is CC1CCN(C(=O)C(CCn2ccc3cccnc32)NSc2cc(Cl)c(N)c(Cl)c2)CC1. The van der Waals surface area contributed by atoms with Crippen molar-refractivity contribution in [3.05, 3.63) is 52.8 Å². The first-order chi connectivity index (χ1) is 15.4. The summed E-state index contributed by atoms with van der Waals surface area (Å²) in [5.41, 5.74) is 7.13. The molecule has 1 atom stereocenters. The molecule has 1 unspecified atom stereocenters. The monoisotopic (exact) mass is 491 g/mol. The number of pyridine rings is 1. The van der Waals surface area contributed by atoms with E-state index in [0.29, 0.717) is 34.6 Å². The first-order valence-electron chi connectivity index (χ1n) is 10.8. The number of aryl methyl sites for hydroxylation is 1. The smallest absolute Gasteiger partial charge is 0.240 e. The number of aromatic nitrogens is 2. The number of likely N-dealkylation sites (tertiary alicyclic amines) is 1. The van der Waals surface area contributed by atoms with Gasteiger partial charge in [-0.05, 0) is 67.5 Å². The molecule has 0 spiro atoms. The maximum Gasteiger partial charge on any atom is 0.240 e. The summed E-state index contributed by atoms with van der Waals surface area (Å²) in [5.74, 6) is 0.790. The van der Waals surface area contributed by atoms with Crippen molar-refractivity contribution in [2.75, 3.05) is 18.8 Å². The standard InChI is InChI=1S/C23H27Cl2N5OS/c1-15-4-9-30(10-5-15)23(31)20(28-32-17-13-18(24)21(26)19(25)14-17)7-12-29-11-6-16-3-2-8-27-22(16)29/h2-3,6,8,11,13-15,20,28H,4-5,7,9-10,12,26H2,1H3. The molecule has 2 aromatic heterocycles. The summed E-state index contributed by atoms with van der Waals surface area (Å²) >= 11 is 13.7. The minimum Gasteiger partial charge on any atom is -0.396 e. The number of carbonyl (C=O) groups is 1. The molecule has 1 fully saturated rings. The lowest BCUT2D eigenvalue weighted by Crippen LogP contribution is -2.47. The number of carbonyl (C=O) groups excluding carboxylic acids is 1. The van der Waals surface area contributed by atoms with Crippen molar-refractivity contribution in [2.24, 2.45) is 5.92 Å². The van der Waals surface area contributed by atoms with E-state index in [-0.39, 0.29) is 11.9 Å². The van der Waals surface area contributed by atoms with Crippen molar-refractivity contribution in [1.82, 2.24) is 19.2 Å². The third-order valence-corrected chi connectivity index (χ3v) is 7.45. The quantitative estimate of drug-likeness (QED) is 0.349. The zero-order valence-corrected chi connectivity index (χ0v) is 20.3. The van der Waals surface area contributed by atoms with E-state index in [1.165, 1.54) is 11.9 Å². The Morgan fingerprint density at radius 3 is 2.72 bits per heavy atom. The normalized spacial score (nSPS) is 15.9. The zero-order chi connectivity index (χ0) is 22.7. The predicted molar refractivity (Wildman–Crippen MR) is 133 cm³/mol. The molecule has 4 rings (SSSR count). The van der Waals surface area contributed by atoms with Crippen molar-refractivity contribution < 1.29 is 4.79 Å². The highest BCUT2D eigenvalue weighted by molar-refractivity contribution is 7.97. The molecule has 1 aliphatic heterocycles. The van der Waals surface area contributed by atoms with Crippen LogP contribution in [0.15, 0.2) is 47.6 Å². The third-order valence-electron chi connectivity index (χ3n) is 5.95. The summed E-state index contributed by atoms with van der Waals surface area (Å²) in [4.78, 5) is 20.7. The van der Waals surface area contributed by atoms with Gasteiger partial charge >= 0.3 is 0 Å². The van der Waals surface area contributed by atoms with E-state index in [1.54, 1.807) is 18.3 Å². The number of nitrogens with zero attached hydrogens (tertiary/aromatic N) is 3. The van der Waals surface area contributed by atoms with Crippen LogP contribution in [0.3, 0.4) is 0 Å². The maximum absolute atomic E-state index is 13.4. The molecule has 32 heavy (non-hydrogen) atoms. The van der Waals surface area contributed by atoms with Gasteiger partial charge in [0, 0.05) is 42.3 Å². The first-order valence-corrected chi connectivity index (χ1v) is 12.3.